The van der Waals surface area contributed by atoms with E-state index < -0.39 is 6.67 Å². The molecule has 2 aromatic rings. The van der Waals surface area contributed by atoms with Crippen molar-refractivity contribution in [2.24, 2.45) is 0 Å². The maximum absolute atomic E-state index is 13.0. The summed E-state index contributed by atoms with van der Waals surface area (Å²) in [7, 11) is 0. The molecule has 1 amide bonds. The van der Waals surface area contributed by atoms with E-state index in [1.807, 2.05) is 41.4 Å². The number of aryl methyl sites for hydroxylation is 1. The van der Waals surface area contributed by atoms with Gasteiger partial charge in [-0.15, -0.1) is 0 Å². The fourth-order valence-corrected chi connectivity index (χ4v) is 3.22. The average Bonchev–Trinajstić information content (AvgIpc) is 3.11. The molecular formula is C19H25FN4O. The summed E-state index contributed by atoms with van der Waals surface area (Å²) in [5.74, 6) is 0.127. The first kappa shape index (κ1) is 17.6. The van der Waals surface area contributed by atoms with E-state index in [9.17, 15) is 9.18 Å². The summed E-state index contributed by atoms with van der Waals surface area (Å²) in [6.45, 7) is 2.01. The number of halogens is 1. The molecule has 0 aliphatic carbocycles. The molecule has 1 atom stereocenters. The topological polar surface area (TPSA) is 50.2 Å². The predicted molar refractivity (Wildman–Crippen MR) is 94.7 cm³/mol. The number of carbonyl (C=O) groups excluding carboxylic acids is 1. The summed E-state index contributed by atoms with van der Waals surface area (Å²) >= 11 is 0. The summed E-state index contributed by atoms with van der Waals surface area (Å²) in [6.07, 6.45) is 6.88. The van der Waals surface area contributed by atoms with Gasteiger partial charge < -0.3 is 4.90 Å². The molecule has 3 rings (SSSR count). The van der Waals surface area contributed by atoms with Crippen molar-refractivity contribution < 1.29 is 9.18 Å². The van der Waals surface area contributed by atoms with Crippen LogP contribution >= 0.6 is 0 Å². The van der Waals surface area contributed by atoms with Crippen molar-refractivity contribution in [1.82, 2.24) is 20.0 Å². The van der Waals surface area contributed by atoms with Crippen molar-refractivity contribution in [1.29, 1.82) is 0 Å². The van der Waals surface area contributed by atoms with E-state index in [1.54, 1.807) is 10.9 Å². The number of nitrogens with one attached hydrogen (secondary N) is 1. The van der Waals surface area contributed by atoms with Crippen molar-refractivity contribution in [3.8, 4) is 0 Å². The zero-order valence-electron chi connectivity index (χ0n) is 14.4. The third kappa shape index (κ3) is 4.66. The Kier molecular flexibility index (Phi) is 6.17. The third-order valence-electron chi connectivity index (χ3n) is 4.56. The number of nitrogens with zero attached hydrogens (tertiary/aromatic N) is 3. The summed E-state index contributed by atoms with van der Waals surface area (Å²) in [4.78, 5) is 15.0. The van der Waals surface area contributed by atoms with Crippen LogP contribution in [0.2, 0.25) is 0 Å². The Morgan fingerprint density at radius 2 is 1.96 bits per heavy atom. The molecule has 0 radical (unpaired) electrons. The minimum absolute atomic E-state index is 0.127. The SMILES string of the molecule is O=C(C(NCc1cnn(CCF)c1)c1ccccc1)N1CCCCC1. The van der Waals surface area contributed by atoms with E-state index in [1.165, 1.54) is 6.42 Å². The van der Waals surface area contributed by atoms with Crippen molar-refractivity contribution >= 4 is 5.91 Å². The number of likely N-dealkylation sites (tertiary alicyclic amines) is 1. The van der Waals surface area contributed by atoms with Crippen LogP contribution < -0.4 is 5.32 Å². The van der Waals surface area contributed by atoms with Gasteiger partial charge in [-0.2, -0.15) is 5.10 Å². The number of rotatable bonds is 7. The molecule has 2 heterocycles. The van der Waals surface area contributed by atoms with Crippen molar-refractivity contribution in [3.63, 3.8) is 0 Å². The van der Waals surface area contributed by atoms with Gasteiger partial charge in [-0.05, 0) is 24.8 Å². The molecule has 1 aliphatic rings. The van der Waals surface area contributed by atoms with Gasteiger partial charge in [0.1, 0.15) is 12.7 Å². The number of hydrogen-bond donors (Lipinski definition) is 1. The monoisotopic (exact) mass is 344 g/mol. The van der Waals surface area contributed by atoms with Gasteiger partial charge in [0.05, 0.1) is 12.7 Å². The Labute approximate surface area is 147 Å². The average molecular weight is 344 g/mol. The minimum Gasteiger partial charge on any atom is -0.341 e. The van der Waals surface area contributed by atoms with Crippen LogP contribution in [0, 0.1) is 0 Å². The lowest BCUT2D eigenvalue weighted by molar-refractivity contribution is -0.134. The molecule has 1 N–H and O–H groups in total. The standard InChI is InChI=1S/C19H25FN4O/c20-9-12-24-15-16(14-22-24)13-21-18(17-7-3-1-4-8-17)19(25)23-10-5-2-6-11-23/h1,3-4,7-8,14-15,18,21H,2,5-6,9-13H2. The van der Waals surface area contributed by atoms with Crippen molar-refractivity contribution in [2.75, 3.05) is 19.8 Å². The molecule has 134 valence electrons. The summed E-state index contributed by atoms with van der Waals surface area (Å²) in [6, 6.07) is 9.44. The van der Waals surface area contributed by atoms with E-state index in [-0.39, 0.29) is 18.5 Å². The number of hydrogen-bond acceptors (Lipinski definition) is 3. The van der Waals surface area contributed by atoms with Crippen LogP contribution in [-0.4, -0.2) is 40.4 Å². The lowest BCUT2D eigenvalue weighted by Gasteiger charge is -2.31. The fraction of sp³-hybridized carbons (Fsp3) is 0.474. The number of benzene rings is 1. The van der Waals surface area contributed by atoms with Gasteiger partial charge in [0.25, 0.3) is 0 Å². The molecule has 0 saturated carbocycles. The lowest BCUT2D eigenvalue weighted by Crippen LogP contribution is -2.43. The summed E-state index contributed by atoms with van der Waals surface area (Å²) in [5, 5.41) is 7.50. The van der Waals surface area contributed by atoms with E-state index in [2.05, 4.69) is 10.4 Å². The number of piperidine rings is 1. The highest BCUT2D eigenvalue weighted by atomic mass is 19.1. The maximum atomic E-state index is 13.0. The number of alkyl halides is 1. The van der Waals surface area contributed by atoms with E-state index in [4.69, 9.17) is 0 Å². The molecule has 6 heteroatoms. The van der Waals surface area contributed by atoms with E-state index >= 15 is 0 Å². The zero-order valence-corrected chi connectivity index (χ0v) is 14.4. The van der Waals surface area contributed by atoms with Gasteiger partial charge in [-0.25, -0.2) is 4.39 Å². The molecule has 1 aromatic carbocycles. The zero-order chi connectivity index (χ0) is 17.5. The van der Waals surface area contributed by atoms with Crippen LogP contribution in [0.4, 0.5) is 4.39 Å². The normalized spacial score (nSPS) is 16.0. The van der Waals surface area contributed by atoms with E-state index in [0.717, 1.165) is 37.1 Å². The molecule has 0 bridgehead atoms. The first-order valence-corrected chi connectivity index (χ1v) is 8.92. The highest BCUT2D eigenvalue weighted by Gasteiger charge is 2.26. The van der Waals surface area contributed by atoms with Crippen LogP contribution in [0.3, 0.4) is 0 Å². The summed E-state index contributed by atoms with van der Waals surface area (Å²) in [5.41, 5.74) is 1.91. The molecule has 0 spiro atoms. The Bertz CT molecular complexity index is 667. The molecule has 1 fully saturated rings. The highest BCUT2D eigenvalue weighted by molar-refractivity contribution is 5.83. The van der Waals surface area contributed by atoms with Crippen LogP contribution in [0.15, 0.2) is 42.7 Å². The molecule has 5 nitrogen and oxygen atoms in total. The van der Waals surface area contributed by atoms with Crippen LogP contribution in [0.5, 0.6) is 0 Å². The van der Waals surface area contributed by atoms with Crippen LogP contribution in [-0.2, 0) is 17.9 Å². The van der Waals surface area contributed by atoms with Crippen LogP contribution in [0.1, 0.15) is 36.4 Å². The van der Waals surface area contributed by atoms with Gasteiger partial charge in [0.2, 0.25) is 5.91 Å². The Hall–Kier alpha value is -2.21. The van der Waals surface area contributed by atoms with Gasteiger partial charge in [0.15, 0.2) is 0 Å². The Morgan fingerprint density at radius 3 is 2.68 bits per heavy atom. The number of carbonyl (C=O) groups is 1. The van der Waals surface area contributed by atoms with Crippen molar-refractivity contribution in [2.45, 2.75) is 38.4 Å². The second-order valence-electron chi connectivity index (χ2n) is 6.41. The van der Waals surface area contributed by atoms with Gasteiger partial charge in [0, 0.05) is 31.4 Å². The first-order chi connectivity index (χ1) is 12.3. The van der Waals surface area contributed by atoms with Gasteiger partial charge >= 0.3 is 0 Å². The Morgan fingerprint density at radius 1 is 1.20 bits per heavy atom. The summed E-state index contributed by atoms with van der Waals surface area (Å²) < 4.78 is 14.0. The molecule has 1 saturated heterocycles. The Balaban J connectivity index is 1.70. The predicted octanol–water partition coefficient (Wildman–Crippen LogP) is 2.70. The van der Waals surface area contributed by atoms with Crippen molar-refractivity contribution in [3.05, 3.63) is 53.9 Å². The fourth-order valence-electron chi connectivity index (χ4n) is 3.22. The quantitative estimate of drug-likeness (QED) is 0.840. The molecule has 25 heavy (non-hydrogen) atoms. The highest BCUT2D eigenvalue weighted by Crippen LogP contribution is 2.19. The maximum Gasteiger partial charge on any atom is 0.244 e. The van der Waals surface area contributed by atoms with Gasteiger partial charge in [-0.3, -0.25) is 14.8 Å². The second-order valence-corrected chi connectivity index (χ2v) is 6.41. The van der Waals surface area contributed by atoms with Gasteiger partial charge in [-0.1, -0.05) is 30.3 Å². The molecule has 1 unspecified atom stereocenters. The minimum atomic E-state index is -0.436. The first-order valence-electron chi connectivity index (χ1n) is 8.92. The smallest absolute Gasteiger partial charge is 0.244 e. The van der Waals surface area contributed by atoms with E-state index in [0.29, 0.717) is 6.54 Å². The largest absolute Gasteiger partial charge is 0.341 e. The second kappa shape index (κ2) is 8.76. The number of amides is 1. The lowest BCUT2D eigenvalue weighted by atomic mass is 10.0. The molecule has 1 aliphatic heterocycles. The molecular weight excluding hydrogens is 319 g/mol. The van der Waals surface area contributed by atoms with Crippen LogP contribution in [0.25, 0.3) is 0 Å². The molecule has 1 aromatic heterocycles. The third-order valence-corrected chi connectivity index (χ3v) is 4.56. The number of aromatic nitrogens is 2.